The van der Waals surface area contributed by atoms with Crippen LogP contribution in [-0.4, -0.2) is 47.3 Å². The molecule has 9 heteroatoms. The molecule has 0 spiro atoms. The van der Waals surface area contributed by atoms with Crippen LogP contribution in [0.25, 0.3) is 10.8 Å². The molecule has 1 heterocycles. The largest absolute Gasteiger partial charge is 0.449 e. The molecule has 1 fully saturated rings. The Morgan fingerprint density at radius 3 is 2.63 bits per heavy atom. The number of aromatic nitrogens is 1. The molecule has 0 bridgehead atoms. The fourth-order valence-electron chi connectivity index (χ4n) is 4.51. The molecular formula is C32H34N4O4S. The minimum atomic E-state index is -0.505. The lowest BCUT2D eigenvalue weighted by atomic mass is 10.1. The van der Waals surface area contributed by atoms with Gasteiger partial charge in [-0.2, -0.15) is 0 Å². The number of aryl methyl sites for hydroxylation is 1. The van der Waals surface area contributed by atoms with E-state index in [1.807, 2.05) is 79.3 Å². The number of anilines is 2. The molecule has 3 N–H and O–H groups in total. The molecule has 0 radical (unpaired) electrons. The van der Waals surface area contributed by atoms with Gasteiger partial charge in [0, 0.05) is 53.1 Å². The van der Waals surface area contributed by atoms with Gasteiger partial charge in [0.25, 0.3) is 5.56 Å². The Morgan fingerprint density at radius 2 is 1.83 bits per heavy atom. The summed E-state index contributed by atoms with van der Waals surface area (Å²) in [6, 6.07) is 21.2. The first-order valence-electron chi connectivity index (χ1n) is 13.7. The molecule has 0 saturated heterocycles. The average Bonchev–Trinajstić information content (AvgIpc) is 3.78. The standard InChI is InChI=1S/C32H34N4O4S/c1-21-5-3-4-6-22(21)14-16-40-32(39)35-26-9-12-29(41-27-10-11-27)24(17-26)20-36(2)30(37)19-34-25-8-7-23-13-15-33-31(38)28(23)18-25/h3-9,12-13,15,17-18,27,34H,10-11,14,16,19-20H2,1-2H3,(H,33,38)(H,35,39). The number of pyridine rings is 1. The molecule has 1 aromatic heterocycles. The molecule has 8 nitrogen and oxygen atoms in total. The third-order valence-corrected chi connectivity index (χ3v) is 8.50. The number of nitrogens with zero attached hydrogens (tertiary/aromatic N) is 1. The number of ether oxygens (including phenoxy) is 1. The summed E-state index contributed by atoms with van der Waals surface area (Å²) in [7, 11) is 1.76. The molecule has 2 amide bonds. The van der Waals surface area contributed by atoms with Gasteiger partial charge in [0.1, 0.15) is 0 Å². The highest BCUT2D eigenvalue weighted by atomic mass is 32.2. The number of benzene rings is 3. The number of likely N-dealkylation sites (N-methyl/N-ethyl adjacent to an activating group) is 1. The molecular weight excluding hydrogens is 536 g/mol. The molecule has 3 aromatic carbocycles. The minimum Gasteiger partial charge on any atom is -0.449 e. The van der Waals surface area contributed by atoms with Crippen molar-refractivity contribution in [2.24, 2.45) is 0 Å². The predicted octanol–water partition coefficient (Wildman–Crippen LogP) is 5.95. The van der Waals surface area contributed by atoms with Crippen LogP contribution in [0.3, 0.4) is 0 Å². The van der Waals surface area contributed by atoms with Gasteiger partial charge >= 0.3 is 6.09 Å². The van der Waals surface area contributed by atoms with Crippen LogP contribution in [0.15, 0.2) is 82.6 Å². The fourth-order valence-corrected chi connectivity index (χ4v) is 5.66. The highest BCUT2D eigenvalue weighted by Crippen LogP contribution is 2.41. The predicted molar refractivity (Wildman–Crippen MR) is 165 cm³/mol. The van der Waals surface area contributed by atoms with Gasteiger partial charge < -0.3 is 19.9 Å². The van der Waals surface area contributed by atoms with E-state index in [-0.39, 0.29) is 24.6 Å². The van der Waals surface area contributed by atoms with Gasteiger partial charge in [-0.15, -0.1) is 11.8 Å². The van der Waals surface area contributed by atoms with Gasteiger partial charge in [-0.1, -0.05) is 30.3 Å². The van der Waals surface area contributed by atoms with Crippen LogP contribution in [0, 0.1) is 6.92 Å². The van der Waals surface area contributed by atoms with Crippen molar-refractivity contribution in [1.82, 2.24) is 9.88 Å². The van der Waals surface area contributed by atoms with E-state index < -0.39 is 6.09 Å². The second-order valence-corrected chi connectivity index (χ2v) is 11.6. The van der Waals surface area contributed by atoms with E-state index in [1.54, 1.807) is 24.2 Å². The van der Waals surface area contributed by atoms with Crippen molar-refractivity contribution in [3.63, 3.8) is 0 Å². The summed E-state index contributed by atoms with van der Waals surface area (Å²) in [4.78, 5) is 43.1. The van der Waals surface area contributed by atoms with E-state index in [0.717, 1.165) is 21.4 Å². The van der Waals surface area contributed by atoms with E-state index in [2.05, 4.69) is 15.6 Å². The molecule has 1 aliphatic rings. The molecule has 0 aliphatic heterocycles. The minimum absolute atomic E-state index is 0.0863. The summed E-state index contributed by atoms with van der Waals surface area (Å²) in [5, 5.41) is 7.97. The van der Waals surface area contributed by atoms with Gasteiger partial charge in [0.15, 0.2) is 0 Å². The molecule has 0 unspecified atom stereocenters. The number of H-pyrrole nitrogens is 1. The first kappa shape index (κ1) is 28.3. The SMILES string of the molecule is Cc1ccccc1CCOC(=O)Nc1ccc(SC2CC2)c(CN(C)C(=O)CNc2ccc3cc[nH]c(=O)c3c2)c1. The molecule has 4 aromatic rings. The molecule has 41 heavy (non-hydrogen) atoms. The summed E-state index contributed by atoms with van der Waals surface area (Å²) < 4.78 is 5.43. The van der Waals surface area contributed by atoms with Crippen LogP contribution in [0.1, 0.15) is 29.5 Å². The number of carbonyl (C=O) groups is 2. The maximum absolute atomic E-state index is 13.0. The Hall–Kier alpha value is -4.24. The number of rotatable bonds is 11. The summed E-state index contributed by atoms with van der Waals surface area (Å²) in [5.74, 6) is -0.0941. The van der Waals surface area contributed by atoms with Crippen LogP contribution in [0.5, 0.6) is 0 Å². The summed E-state index contributed by atoms with van der Waals surface area (Å²) in [5.41, 5.74) is 4.45. The number of thioether (sulfide) groups is 1. The Labute approximate surface area is 243 Å². The smallest absolute Gasteiger partial charge is 0.411 e. The molecule has 212 valence electrons. The van der Waals surface area contributed by atoms with Crippen LogP contribution in [0.4, 0.5) is 16.2 Å². The van der Waals surface area contributed by atoms with Crippen LogP contribution >= 0.6 is 11.8 Å². The second kappa shape index (κ2) is 13.0. The van der Waals surface area contributed by atoms with E-state index in [0.29, 0.717) is 35.0 Å². The highest BCUT2D eigenvalue weighted by molar-refractivity contribution is 8.00. The van der Waals surface area contributed by atoms with Crippen LogP contribution < -0.4 is 16.2 Å². The Kier molecular flexibility index (Phi) is 8.94. The zero-order valence-electron chi connectivity index (χ0n) is 23.2. The number of nitrogens with one attached hydrogen (secondary N) is 3. The molecule has 5 rings (SSSR count). The maximum atomic E-state index is 13.0. The maximum Gasteiger partial charge on any atom is 0.411 e. The number of hydrogen-bond acceptors (Lipinski definition) is 6. The normalized spacial score (nSPS) is 12.6. The molecule has 1 aliphatic carbocycles. The summed E-state index contributed by atoms with van der Waals surface area (Å²) >= 11 is 1.81. The number of carbonyl (C=O) groups excluding carboxylic acids is 2. The van der Waals surface area contributed by atoms with E-state index in [1.165, 1.54) is 18.4 Å². The lowest BCUT2D eigenvalue weighted by molar-refractivity contribution is -0.128. The zero-order chi connectivity index (χ0) is 28.8. The first-order chi connectivity index (χ1) is 19.9. The van der Waals surface area contributed by atoms with Crippen molar-refractivity contribution in [3.8, 4) is 0 Å². The van der Waals surface area contributed by atoms with Gasteiger partial charge in [-0.25, -0.2) is 4.79 Å². The topological polar surface area (TPSA) is 104 Å². The number of aromatic amines is 1. The first-order valence-corrected chi connectivity index (χ1v) is 14.6. The van der Waals surface area contributed by atoms with Gasteiger partial charge in [0.05, 0.1) is 13.2 Å². The van der Waals surface area contributed by atoms with E-state index in [9.17, 15) is 14.4 Å². The lowest BCUT2D eigenvalue weighted by Gasteiger charge is -2.21. The second-order valence-electron chi connectivity index (χ2n) is 10.3. The number of amides is 2. The third kappa shape index (κ3) is 7.70. The highest BCUT2D eigenvalue weighted by Gasteiger charge is 2.24. The van der Waals surface area contributed by atoms with Crippen molar-refractivity contribution in [1.29, 1.82) is 0 Å². The Bertz CT molecular complexity index is 1620. The lowest BCUT2D eigenvalue weighted by Crippen LogP contribution is -2.32. The van der Waals surface area contributed by atoms with Crippen molar-refractivity contribution in [2.75, 3.05) is 30.8 Å². The zero-order valence-corrected chi connectivity index (χ0v) is 24.1. The average molecular weight is 571 g/mol. The Morgan fingerprint density at radius 1 is 1.02 bits per heavy atom. The van der Waals surface area contributed by atoms with Gasteiger partial charge in [-0.05, 0) is 78.2 Å². The number of fused-ring (bicyclic) bond motifs is 1. The number of hydrogen-bond donors (Lipinski definition) is 3. The van der Waals surface area contributed by atoms with Gasteiger partial charge in [-0.3, -0.25) is 14.9 Å². The van der Waals surface area contributed by atoms with Crippen molar-refractivity contribution >= 4 is 45.9 Å². The summed E-state index contributed by atoms with van der Waals surface area (Å²) in [6.45, 7) is 2.81. The van der Waals surface area contributed by atoms with Crippen LogP contribution in [-0.2, 0) is 22.5 Å². The van der Waals surface area contributed by atoms with E-state index >= 15 is 0 Å². The third-order valence-electron chi connectivity index (χ3n) is 7.04. The fraction of sp³-hybridized carbons (Fsp3) is 0.281. The Balaban J connectivity index is 1.19. The van der Waals surface area contributed by atoms with Crippen molar-refractivity contribution < 1.29 is 14.3 Å². The van der Waals surface area contributed by atoms with Crippen molar-refractivity contribution in [2.45, 2.75) is 42.9 Å². The van der Waals surface area contributed by atoms with E-state index in [4.69, 9.17) is 4.74 Å². The molecule has 0 atom stereocenters. The summed E-state index contributed by atoms with van der Waals surface area (Å²) in [6.07, 6.45) is 4.13. The molecule has 1 saturated carbocycles. The van der Waals surface area contributed by atoms with Crippen LogP contribution in [0.2, 0.25) is 0 Å². The van der Waals surface area contributed by atoms with Gasteiger partial charge in [0.2, 0.25) is 5.91 Å². The monoisotopic (exact) mass is 570 g/mol. The van der Waals surface area contributed by atoms with Crippen molar-refractivity contribution in [3.05, 3.63) is 100.0 Å². The quantitative estimate of drug-likeness (QED) is 0.206.